The van der Waals surface area contributed by atoms with Gasteiger partial charge in [-0.25, -0.2) is 4.39 Å². The molecule has 0 radical (unpaired) electrons. The minimum atomic E-state index is -4.61. The highest BCUT2D eigenvalue weighted by Crippen LogP contribution is 2.44. The molecule has 0 spiro atoms. The number of fused-ring (bicyclic) bond motifs is 1. The number of aromatic nitrogens is 3. The van der Waals surface area contributed by atoms with Crippen molar-refractivity contribution in [1.29, 1.82) is 0 Å². The molecule has 0 bridgehead atoms. The van der Waals surface area contributed by atoms with Gasteiger partial charge in [-0.15, -0.1) is 10.2 Å². The molecule has 1 aliphatic carbocycles. The Morgan fingerprint density at radius 3 is 2.54 bits per heavy atom. The lowest BCUT2D eigenvalue weighted by Gasteiger charge is -2.40. The number of carbonyl (C=O) groups excluding carboxylic acids is 1. The van der Waals surface area contributed by atoms with Gasteiger partial charge in [0.1, 0.15) is 12.2 Å². The molecule has 1 saturated carbocycles. The van der Waals surface area contributed by atoms with Crippen molar-refractivity contribution in [2.24, 2.45) is 7.05 Å². The van der Waals surface area contributed by atoms with Gasteiger partial charge in [0.2, 0.25) is 0 Å². The van der Waals surface area contributed by atoms with Crippen LogP contribution in [-0.2, 0) is 31.1 Å². The maximum absolute atomic E-state index is 15.8. The van der Waals surface area contributed by atoms with E-state index in [1.807, 2.05) is 0 Å². The van der Waals surface area contributed by atoms with Crippen molar-refractivity contribution in [3.8, 4) is 0 Å². The molecule has 1 saturated heterocycles. The number of benzene rings is 2. The second-order valence-electron chi connectivity index (χ2n) is 11.2. The molecular formula is C28H29F4N5O2. The second-order valence-corrected chi connectivity index (χ2v) is 11.2. The van der Waals surface area contributed by atoms with Gasteiger partial charge in [0.25, 0.3) is 5.91 Å². The summed E-state index contributed by atoms with van der Waals surface area (Å²) in [5, 5.41) is 11.4. The second kappa shape index (κ2) is 9.12. The van der Waals surface area contributed by atoms with E-state index in [9.17, 15) is 18.0 Å². The quantitative estimate of drug-likeness (QED) is 0.430. The highest BCUT2D eigenvalue weighted by atomic mass is 19.4. The lowest BCUT2D eigenvalue weighted by Crippen LogP contribution is -2.51. The minimum Gasteiger partial charge on any atom is -0.375 e. The number of nitrogens with one attached hydrogen (secondary N) is 1. The molecule has 39 heavy (non-hydrogen) atoms. The number of nitrogens with zero attached hydrogens (tertiary/aromatic N) is 4. The van der Waals surface area contributed by atoms with Gasteiger partial charge in [-0.1, -0.05) is 12.1 Å². The number of hydrogen-bond donors (Lipinski definition) is 1. The first-order valence-electron chi connectivity index (χ1n) is 13.0. The van der Waals surface area contributed by atoms with E-state index in [0.29, 0.717) is 22.6 Å². The van der Waals surface area contributed by atoms with E-state index < -0.39 is 29.2 Å². The summed E-state index contributed by atoms with van der Waals surface area (Å²) in [6.45, 7) is 1.84. The Labute approximate surface area is 223 Å². The predicted octanol–water partition coefficient (Wildman–Crippen LogP) is 4.90. The number of halogens is 4. The van der Waals surface area contributed by atoms with Crippen molar-refractivity contribution in [3.05, 3.63) is 76.4 Å². The molecule has 1 unspecified atom stereocenters. The molecule has 11 heteroatoms. The third-order valence-electron chi connectivity index (χ3n) is 8.30. The topological polar surface area (TPSA) is 72.3 Å². The number of hydrogen-bond acceptors (Lipinski definition) is 5. The summed E-state index contributed by atoms with van der Waals surface area (Å²) < 4.78 is 65.1. The lowest BCUT2D eigenvalue weighted by molar-refractivity contribution is -0.139. The van der Waals surface area contributed by atoms with Gasteiger partial charge in [0, 0.05) is 30.4 Å². The molecule has 206 valence electrons. The number of ether oxygens (including phenoxy) is 1. The minimum absolute atomic E-state index is 0.0456. The first-order chi connectivity index (χ1) is 18.5. The van der Waals surface area contributed by atoms with Crippen molar-refractivity contribution >= 4 is 11.6 Å². The summed E-state index contributed by atoms with van der Waals surface area (Å²) in [5.41, 5.74) is -1.27. The number of carbonyl (C=O) groups is 1. The average molecular weight is 544 g/mol. The summed E-state index contributed by atoms with van der Waals surface area (Å²) in [5.74, 6) is -0.942. The molecule has 1 aromatic heterocycles. The van der Waals surface area contributed by atoms with E-state index in [1.54, 1.807) is 41.9 Å². The monoisotopic (exact) mass is 543 g/mol. The molecule has 3 aliphatic rings. The van der Waals surface area contributed by atoms with Crippen molar-refractivity contribution in [2.75, 3.05) is 18.1 Å². The third kappa shape index (κ3) is 4.51. The smallest absolute Gasteiger partial charge is 0.375 e. The molecule has 3 aromatic rings. The zero-order chi connectivity index (χ0) is 27.6. The summed E-state index contributed by atoms with van der Waals surface area (Å²) in [6.07, 6.45) is -0.114. The van der Waals surface area contributed by atoms with Crippen LogP contribution in [-0.4, -0.2) is 45.1 Å². The number of alkyl halides is 4. The molecule has 2 aromatic carbocycles. The Kier molecular flexibility index (Phi) is 6.07. The highest BCUT2D eigenvalue weighted by molar-refractivity contribution is 6.10. The molecule has 1 atom stereocenters. The average Bonchev–Trinajstić information content (AvgIpc) is 3.42. The van der Waals surface area contributed by atoms with Gasteiger partial charge in [-0.3, -0.25) is 4.79 Å². The molecular weight excluding hydrogens is 514 g/mol. The van der Waals surface area contributed by atoms with E-state index in [0.717, 1.165) is 25.3 Å². The largest absolute Gasteiger partial charge is 0.416 e. The van der Waals surface area contributed by atoms with Gasteiger partial charge in [0.15, 0.2) is 5.67 Å². The molecule has 3 heterocycles. The number of anilines is 1. The van der Waals surface area contributed by atoms with Gasteiger partial charge in [-0.05, 0) is 67.1 Å². The lowest BCUT2D eigenvalue weighted by atomic mass is 9.78. The fraction of sp³-hybridized carbons (Fsp3) is 0.464. The molecule has 2 fully saturated rings. The fourth-order valence-corrected chi connectivity index (χ4v) is 5.80. The van der Waals surface area contributed by atoms with Gasteiger partial charge in [-0.2, -0.15) is 13.2 Å². The molecule has 6 rings (SSSR count). The van der Waals surface area contributed by atoms with E-state index in [-0.39, 0.29) is 43.0 Å². The van der Waals surface area contributed by atoms with Crippen LogP contribution in [0.2, 0.25) is 0 Å². The van der Waals surface area contributed by atoms with E-state index in [2.05, 4.69) is 22.4 Å². The van der Waals surface area contributed by atoms with Gasteiger partial charge >= 0.3 is 6.18 Å². The van der Waals surface area contributed by atoms with Crippen LogP contribution >= 0.6 is 0 Å². The summed E-state index contributed by atoms with van der Waals surface area (Å²) in [7, 11) is 1.71. The van der Waals surface area contributed by atoms with Crippen molar-refractivity contribution in [1.82, 2.24) is 20.1 Å². The van der Waals surface area contributed by atoms with E-state index in [1.165, 1.54) is 11.2 Å². The van der Waals surface area contributed by atoms with E-state index in [4.69, 9.17) is 4.74 Å². The van der Waals surface area contributed by atoms with Crippen LogP contribution in [0.3, 0.4) is 0 Å². The van der Waals surface area contributed by atoms with Gasteiger partial charge < -0.3 is 19.5 Å². The Bertz CT molecular complexity index is 1430. The van der Waals surface area contributed by atoms with Crippen molar-refractivity contribution in [2.45, 2.75) is 62.6 Å². The van der Waals surface area contributed by atoms with Crippen LogP contribution in [0, 0.1) is 0 Å². The van der Waals surface area contributed by atoms with Crippen LogP contribution in [0.4, 0.5) is 23.2 Å². The van der Waals surface area contributed by atoms with E-state index >= 15 is 4.39 Å². The maximum Gasteiger partial charge on any atom is 0.416 e. The van der Waals surface area contributed by atoms with Crippen LogP contribution in [0.15, 0.2) is 42.7 Å². The van der Waals surface area contributed by atoms with Crippen LogP contribution in [0.25, 0.3) is 0 Å². The molecule has 7 nitrogen and oxygen atoms in total. The Morgan fingerprint density at radius 1 is 1.18 bits per heavy atom. The number of rotatable bonds is 7. The van der Waals surface area contributed by atoms with Crippen LogP contribution in [0.1, 0.15) is 70.5 Å². The first kappa shape index (κ1) is 25.9. The number of aryl methyl sites for hydroxylation is 1. The van der Waals surface area contributed by atoms with Crippen molar-refractivity contribution < 1.29 is 27.1 Å². The summed E-state index contributed by atoms with van der Waals surface area (Å²) >= 11 is 0. The number of amides is 1. The summed E-state index contributed by atoms with van der Waals surface area (Å²) in [6, 6.07) is 9.41. The van der Waals surface area contributed by atoms with Crippen LogP contribution in [0.5, 0.6) is 0 Å². The van der Waals surface area contributed by atoms with Crippen LogP contribution < -0.4 is 10.2 Å². The molecule has 1 N–H and O–H groups in total. The van der Waals surface area contributed by atoms with Crippen molar-refractivity contribution in [3.63, 3.8) is 0 Å². The Hall–Kier alpha value is -3.31. The summed E-state index contributed by atoms with van der Waals surface area (Å²) in [4.78, 5) is 14.9. The zero-order valence-corrected chi connectivity index (χ0v) is 21.7. The van der Waals surface area contributed by atoms with Gasteiger partial charge in [0.05, 0.1) is 31.2 Å². The highest BCUT2D eigenvalue weighted by Gasteiger charge is 2.50. The maximum atomic E-state index is 15.8. The molecule has 2 aliphatic heterocycles. The fourth-order valence-electron chi connectivity index (χ4n) is 5.80. The predicted molar refractivity (Wildman–Crippen MR) is 135 cm³/mol. The standard InChI is InChI=1S/C28H29F4N5O2/c1-26(7-4-8-26)33-12-17-9-20-21(22(10-17)28(30,31)32)13-37(25(20)38)19-6-3-5-18(11-19)23(27(29)14-39-15-27)24-35-34-16-36(24)2/h3,5-6,9-11,16,23,33H,4,7-8,12-15H2,1-2H3. The Balaban J connectivity index is 1.34. The molecule has 1 amide bonds. The normalized spacial score (nSPS) is 20.4. The first-order valence-corrected chi connectivity index (χ1v) is 13.0. The Morgan fingerprint density at radius 2 is 1.95 bits per heavy atom. The zero-order valence-electron chi connectivity index (χ0n) is 21.7. The third-order valence-corrected chi connectivity index (χ3v) is 8.30. The SMILES string of the molecule is Cn1cnnc1C(c1cccc(N2Cc3c(cc(CNC4(C)CCC4)cc3C(F)(F)F)C2=O)c1)C1(F)COC1.